The molecule has 0 aliphatic carbocycles. The Labute approximate surface area is 109 Å². The Bertz CT molecular complexity index is 451. The summed E-state index contributed by atoms with van der Waals surface area (Å²) in [4.78, 5) is 0. The fraction of sp³-hybridized carbons (Fsp3) is 0.455. The highest BCUT2D eigenvalue weighted by Gasteiger charge is 2.21. The summed E-state index contributed by atoms with van der Waals surface area (Å²) in [5, 5.41) is 3.07. The van der Waals surface area contributed by atoms with Gasteiger partial charge in [-0.25, -0.2) is 8.78 Å². The third-order valence-corrected chi connectivity index (χ3v) is 4.80. The van der Waals surface area contributed by atoms with Crippen LogP contribution in [0.4, 0.5) is 8.78 Å². The summed E-state index contributed by atoms with van der Waals surface area (Å²) < 4.78 is 39.0. The fourth-order valence-corrected chi connectivity index (χ4v) is 3.49. The molecule has 0 aromatic heterocycles. The van der Waals surface area contributed by atoms with Crippen LogP contribution in [-0.2, 0) is 16.6 Å². The van der Waals surface area contributed by atoms with E-state index in [1.54, 1.807) is 0 Å². The molecule has 2 nitrogen and oxygen atoms in total. The summed E-state index contributed by atoms with van der Waals surface area (Å²) in [6, 6.07) is 2.50. The summed E-state index contributed by atoms with van der Waals surface area (Å²) in [5.74, 6) is -0.476. The maximum absolute atomic E-state index is 13.6. The molecule has 0 radical (unpaired) electrons. The lowest BCUT2D eigenvalue weighted by molar-refractivity contribution is 0.382. The van der Waals surface area contributed by atoms with Gasteiger partial charge in [0, 0.05) is 35.2 Å². The number of halogens is 3. The number of benzene rings is 1. The van der Waals surface area contributed by atoms with Crippen molar-refractivity contribution < 1.29 is 13.0 Å². The van der Waals surface area contributed by atoms with Gasteiger partial charge in [-0.1, -0.05) is 0 Å². The first-order valence-electron chi connectivity index (χ1n) is 5.26. The molecule has 1 aromatic carbocycles. The van der Waals surface area contributed by atoms with E-state index in [0.717, 1.165) is 13.1 Å². The normalized spacial score (nSPS) is 17.8. The third kappa shape index (κ3) is 3.11. The quantitative estimate of drug-likeness (QED) is 0.861. The van der Waals surface area contributed by atoms with Crippen LogP contribution in [0.25, 0.3) is 0 Å². The molecule has 94 valence electrons. The van der Waals surface area contributed by atoms with Gasteiger partial charge in [-0.3, -0.25) is 4.21 Å². The van der Waals surface area contributed by atoms with Crippen molar-refractivity contribution in [2.75, 3.05) is 18.8 Å². The Morgan fingerprint density at radius 2 is 2.12 bits per heavy atom. The topological polar surface area (TPSA) is 29.1 Å². The molecular formula is C11H12BrF2NOS. The van der Waals surface area contributed by atoms with Gasteiger partial charge >= 0.3 is 0 Å². The van der Waals surface area contributed by atoms with Gasteiger partial charge in [0.1, 0.15) is 11.6 Å². The Balaban J connectivity index is 2.06. The van der Waals surface area contributed by atoms with Crippen LogP contribution in [0.5, 0.6) is 0 Å². The van der Waals surface area contributed by atoms with Crippen molar-refractivity contribution in [3.05, 3.63) is 33.8 Å². The second-order valence-corrected chi connectivity index (χ2v) is 6.45. The van der Waals surface area contributed by atoms with Gasteiger partial charge in [0.15, 0.2) is 0 Å². The zero-order valence-electron chi connectivity index (χ0n) is 9.01. The minimum Gasteiger partial charge on any atom is -0.316 e. The van der Waals surface area contributed by atoms with Crippen LogP contribution >= 0.6 is 15.9 Å². The molecule has 6 heteroatoms. The Hall–Kier alpha value is -0.330. The average Bonchev–Trinajstić information content (AvgIpc) is 2.24. The van der Waals surface area contributed by atoms with E-state index in [-0.39, 0.29) is 15.8 Å². The smallest absolute Gasteiger partial charge is 0.144 e. The second kappa shape index (κ2) is 5.54. The highest BCUT2D eigenvalue weighted by Crippen LogP contribution is 2.23. The number of hydrogen-bond donors (Lipinski definition) is 1. The van der Waals surface area contributed by atoms with Gasteiger partial charge in [0.25, 0.3) is 0 Å². The SMILES string of the molecule is O=S(Cc1c(F)ccc(Br)c1F)CC1CNC1. The minimum absolute atomic E-state index is 0.0619. The highest BCUT2D eigenvalue weighted by atomic mass is 79.9. The number of rotatable bonds is 4. The first kappa shape index (κ1) is 13.1. The molecule has 1 fully saturated rings. The maximum atomic E-state index is 13.6. The molecule has 1 aliphatic heterocycles. The van der Waals surface area contributed by atoms with Crippen LogP contribution in [0.1, 0.15) is 5.56 Å². The zero-order valence-corrected chi connectivity index (χ0v) is 11.4. The van der Waals surface area contributed by atoms with Crippen molar-refractivity contribution >= 4 is 26.7 Å². The monoisotopic (exact) mass is 323 g/mol. The lowest BCUT2D eigenvalue weighted by atomic mass is 10.1. The molecule has 0 saturated carbocycles. The Morgan fingerprint density at radius 1 is 1.41 bits per heavy atom. The van der Waals surface area contributed by atoms with E-state index in [0.29, 0.717) is 11.7 Å². The van der Waals surface area contributed by atoms with E-state index in [1.165, 1.54) is 12.1 Å². The molecule has 1 atom stereocenters. The predicted molar refractivity (Wildman–Crippen MR) is 67.1 cm³/mol. The molecule has 1 unspecified atom stereocenters. The largest absolute Gasteiger partial charge is 0.316 e. The van der Waals surface area contributed by atoms with Gasteiger partial charge in [0.05, 0.1) is 10.2 Å². The summed E-state index contributed by atoms with van der Waals surface area (Å²) >= 11 is 3.00. The summed E-state index contributed by atoms with van der Waals surface area (Å²) in [7, 11) is -1.22. The predicted octanol–water partition coefficient (Wildman–Crippen LogP) is 2.20. The molecule has 1 heterocycles. The molecule has 17 heavy (non-hydrogen) atoms. The van der Waals surface area contributed by atoms with Crippen molar-refractivity contribution in [1.82, 2.24) is 5.32 Å². The van der Waals surface area contributed by atoms with Crippen LogP contribution in [-0.4, -0.2) is 23.1 Å². The molecule has 1 saturated heterocycles. The van der Waals surface area contributed by atoms with E-state index in [4.69, 9.17) is 0 Å². The first-order valence-corrected chi connectivity index (χ1v) is 7.54. The van der Waals surface area contributed by atoms with Crippen molar-refractivity contribution in [1.29, 1.82) is 0 Å². The second-order valence-electron chi connectivity index (χ2n) is 4.10. The maximum Gasteiger partial charge on any atom is 0.144 e. The van der Waals surface area contributed by atoms with Gasteiger partial charge in [-0.2, -0.15) is 0 Å². The fourth-order valence-electron chi connectivity index (χ4n) is 1.65. The standard InChI is InChI=1S/C11H12BrF2NOS/c12-9-1-2-10(13)8(11(9)14)6-17(16)5-7-3-15-4-7/h1-2,7,15H,3-6H2. The lowest BCUT2D eigenvalue weighted by Gasteiger charge is -2.26. The molecular weight excluding hydrogens is 312 g/mol. The summed E-state index contributed by atoms with van der Waals surface area (Å²) in [5.41, 5.74) is -0.0926. The summed E-state index contributed by atoms with van der Waals surface area (Å²) in [6.07, 6.45) is 0. The Kier molecular flexibility index (Phi) is 4.27. The molecule has 2 rings (SSSR count). The summed E-state index contributed by atoms with van der Waals surface area (Å²) in [6.45, 7) is 1.68. The van der Waals surface area contributed by atoms with Gasteiger partial charge in [-0.15, -0.1) is 0 Å². The van der Waals surface area contributed by atoms with Gasteiger partial charge < -0.3 is 5.32 Å². The van der Waals surface area contributed by atoms with Crippen LogP contribution < -0.4 is 5.32 Å². The van der Waals surface area contributed by atoms with Crippen LogP contribution in [0.15, 0.2) is 16.6 Å². The minimum atomic E-state index is -1.22. The van der Waals surface area contributed by atoms with Crippen LogP contribution in [0.3, 0.4) is 0 Å². The molecule has 0 bridgehead atoms. The number of nitrogens with one attached hydrogen (secondary N) is 1. The molecule has 1 N–H and O–H groups in total. The lowest BCUT2D eigenvalue weighted by Crippen LogP contribution is -2.44. The molecule has 0 spiro atoms. The van der Waals surface area contributed by atoms with E-state index < -0.39 is 22.4 Å². The van der Waals surface area contributed by atoms with Gasteiger partial charge in [-0.05, 0) is 34.0 Å². The van der Waals surface area contributed by atoms with Crippen molar-refractivity contribution in [3.63, 3.8) is 0 Å². The van der Waals surface area contributed by atoms with Crippen molar-refractivity contribution in [2.24, 2.45) is 5.92 Å². The Morgan fingerprint density at radius 3 is 2.71 bits per heavy atom. The van der Waals surface area contributed by atoms with E-state index in [1.807, 2.05) is 0 Å². The van der Waals surface area contributed by atoms with Gasteiger partial charge in [0.2, 0.25) is 0 Å². The van der Waals surface area contributed by atoms with E-state index in [2.05, 4.69) is 21.2 Å². The third-order valence-electron chi connectivity index (χ3n) is 2.73. The highest BCUT2D eigenvalue weighted by molar-refractivity contribution is 9.10. The molecule has 0 amide bonds. The van der Waals surface area contributed by atoms with Crippen molar-refractivity contribution in [2.45, 2.75) is 5.75 Å². The first-order chi connectivity index (χ1) is 8.08. The molecule has 1 aliphatic rings. The molecule has 1 aromatic rings. The van der Waals surface area contributed by atoms with E-state index in [9.17, 15) is 13.0 Å². The zero-order chi connectivity index (χ0) is 12.4. The van der Waals surface area contributed by atoms with Crippen LogP contribution in [0, 0.1) is 17.6 Å². The average molecular weight is 324 g/mol. The van der Waals surface area contributed by atoms with E-state index >= 15 is 0 Å². The number of hydrogen-bond acceptors (Lipinski definition) is 2. The van der Waals surface area contributed by atoms with Crippen LogP contribution in [0.2, 0.25) is 0 Å². The van der Waals surface area contributed by atoms with Crippen molar-refractivity contribution in [3.8, 4) is 0 Å².